The van der Waals surface area contributed by atoms with Gasteiger partial charge < -0.3 is 9.84 Å². The van der Waals surface area contributed by atoms with Gasteiger partial charge in [-0.05, 0) is 30.5 Å². The van der Waals surface area contributed by atoms with Crippen LogP contribution in [0.1, 0.15) is 37.5 Å². The number of hydrogen-bond donors (Lipinski definition) is 2. The second kappa shape index (κ2) is 5.12. The smallest absolute Gasteiger partial charge is 0.269 e. The Morgan fingerprint density at radius 1 is 1.35 bits per heavy atom. The number of nitrogens with one attached hydrogen (secondary N) is 1. The molecule has 1 heterocycles. The number of hydrogen-bond acceptors (Lipinski definition) is 5. The van der Waals surface area contributed by atoms with Gasteiger partial charge >= 0.3 is 0 Å². The van der Waals surface area contributed by atoms with Crippen LogP contribution in [-0.4, -0.2) is 28.3 Å². The molecule has 2 N–H and O–H groups in total. The molecule has 1 aromatic carbocycles. The van der Waals surface area contributed by atoms with E-state index in [1.165, 1.54) is 12.1 Å². The van der Waals surface area contributed by atoms with E-state index in [0.29, 0.717) is 6.54 Å². The third-order valence-electron chi connectivity index (χ3n) is 4.23. The Balaban J connectivity index is 1.74. The van der Waals surface area contributed by atoms with Crippen molar-refractivity contribution in [1.29, 1.82) is 0 Å². The Morgan fingerprint density at radius 3 is 2.80 bits per heavy atom. The van der Waals surface area contributed by atoms with E-state index in [-0.39, 0.29) is 18.0 Å². The average molecular weight is 278 g/mol. The van der Waals surface area contributed by atoms with Gasteiger partial charge in [0.1, 0.15) is 11.8 Å². The van der Waals surface area contributed by atoms with Gasteiger partial charge in [0.05, 0.1) is 11.0 Å². The van der Waals surface area contributed by atoms with Gasteiger partial charge in [-0.3, -0.25) is 15.4 Å². The number of rotatable bonds is 2. The quantitative estimate of drug-likeness (QED) is 0.637. The van der Waals surface area contributed by atoms with Crippen LogP contribution < -0.4 is 5.32 Å². The van der Waals surface area contributed by atoms with Gasteiger partial charge in [-0.15, -0.1) is 0 Å². The number of fused-ring (bicyclic) bond motifs is 1. The standard InChI is InChI=1S/C14H18N2O4/c17-14-8-2-1-3-12(14)20-13(15-9-14)10-4-6-11(7-5-10)16(18)19/h4-7,12-13,15,17H,1-3,8-9H2/t12-,13+,14+/m0/s1. The minimum Gasteiger partial charge on any atom is -0.386 e. The molecule has 0 spiro atoms. The van der Waals surface area contributed by atoms with Crippen LogP contribution in [0.25, 0.3) is 0 Å². The predicted octanol–water partition coefficient (Wildman–Crippen LogP) is 1.89. The number of nitrogens with zero attached hydrogens (tertiary/aromatic N) is 1. The summed E-state index contributed by atoms with van der Waals surface area (Å²) in [5.74, 6) is 0. The Morgan fingerprint density at radius 2 is 2.10 bits per heavy atom. The van der Waals surface area contributed by atoms with Crippen molar-refractivity contribution in [3.8, 4) is 0 Å². The summed E-state index contributed by atoms with van der Waals surface area (Å²) < 4.78 is 5.95. The van der Waals surface area contributed by atoms with Crippen LogP contribution in [-0.2, 0) is 4.74 Å². The first kappa shape index (κ1) is 13.5. The summed E-state index contributed by atoms with van der Waals surface area (Å²) in [6.45, 7) is 0.499. The summed E-state index contributed by atoms with van der Waals surface area (Å²) in [7, 11) is 0. The maximum Gasteiger partial charge on any atom is 0.269 e. The third-order valence-corrected chi connectivity index (χ3v) is 4.23. The molecular weight excluding hydrogens is 260 g/mol. The van der Waals surface area contributed by atoms with Crippen molar-refractivity contribution >= 4 is 5.69 Å². The zero-order valence-electron chi connectivity index (χ0n) is 11.1. The van der Waals surface area contributed by atoms with E-state index >= 15 is 0 Å². The second-order valence-electron chi connectivity index (χ2n) is 5.58. The van der Waals surface area contributed by atoms with Gasteiger partial charge in [-0.1, -0.05) is 12.8 Å². The highest BCUT2D eigenvalue weighted by atomic mass is 16.6. The molecule has 0 radical (unpaired) electrons. The summed E-state index contributed by atoms with van der Waals surface area (Å²) in [6.07, 6.45) is 3.26. The van der Waals surface area contributed by atoms with Gasteiger partial charge in [0.2, 0.25) is 0 Å². The fraction of sp³-hybridized carbons (Fsp3) is 0.571. The lowest BCUT2D eigenvalue weighted by molar-refractivity contribution is -0.384. The monoisotopic (exact) mass is 278 g/mol. The Kier molecular flexibility index (Phi) is 3.45. The summed E-state index contributed by atoms with van der Waals surface area (Å²) >= 11 is 0. The average Bonchev–Trinajstić information content (AvgIpc) is 2.46. The molecule has 3 atom stereocenters. The van der Waals surface area contributed by atoms with Crippen molar-refractivity contribution in [2.75, 3.05) is 6.54 Å². The highest BCUT2D eigenvalue weighted by Crippen LogP contribution is 2.36. The van der Waals surface area contributed by atoms with Crippen molar-refractivity contribution in [2.45, 2.75) is 43.6 Å². The van der Waals surface area contributed by atoms with E-state index in [0.717, 1.165) is 31.2 Å². The van der Waals surface area contributed by atoms with E-state index in [4.69, 9.17) is 4.74 Å². The van der Waals surface area contributed by atoms with Crippen molar-refractivity contribution in [2.24, 2.45) is 0 Å². The summed E-state index contributed by atoms with van der Waals surface area (Å²) in [6, 6.07) is 6.34. The lowest BCUT2D eigenvalue weighted by Crippen LogP contribution is -2.59. The lowest BCUT2D eigenvalue weighted by atomic mass is 9.81. The van der Waals surface area contributed by atoms with E-state index in [9.17, 15) is 15.2 Å². The highest BCUT2D eigenvalue weighted by Gasteiger charge is 2.44. The lowest BCUT2D eigenvalue weighted by Gasteiger charge is -2.46. The molecule has 0 amide bonds. The summed E-state index contributed by atoms with van der Waals surface area (Å²) in [4.78, 5) is 10.2. The van der Waals surface area contributed by atoms with Gasteiger partial charge in [-0.25, -0.2) is 0 Å². The third kappa shape index (κ3) is 2.42. The van der Waals surface area contributed by atoms with Crippen molar-refractivity contribution < 1.29 is 14.8 Å². The molecule has 20 heavy (non-hydrogen) atoms. The van der Waals surface area contributed by atoms with Gasteiger partial charge in [0.25, 0.3) is 5.69 Å². The first-order chi connectivity index (χ1) is 9.58. The fourth-order valence-electron chi connectivity index (χ4n) is 3.04. The van der Waals surface area contributed by atoms with Crippen LogP contribution in [0.15, 0.2) is 24.3 Å². The first-order valence-corrected chi connectivity index (χ1v) is 6.94. The molecule has 1 saturated heterocycles. The molecular formula is C14H18N2O4. The second-order valence-corrected chi connectivity index (χ2v) is 5.58. The van der Waals surface area contributed by atoms with E-state index in [1.54, 1.807) is 12.1 Å². The minimum absolute atomic E-state index is 0.0683. The van der Waals surface area contributed by atoms with Crippen molar-refractivity contribution in [3.05, 3.63) is 39.9 Å². The number of aliphatic hydroxyl groups is 1. The van der Waals surface area contributed by atoms with Gasteiger partial charge in [0.15, 0.2) is 0 Å². The number of non-ortho nitro benzene ring substituents is 1. The van der Waals surface area contributed by atoms with Crippen molar-refractivity contribution in [1.82, 2.24) is 5.32 Å². The normalized spacial score (nSPS) is 33.5. The van der Waals surface area contributed by atoms with Crippen LogP contribution in [0, 0.1) is 10.1 Å². The molecule has 0 bridgehead atoms. The zero-order chi connectivity index (χ0) is 14.2. The minimum atomic E-state index is -0.768. The molecule has 3 rings (SSSR count). The molecule has 0 aromatic heterocycles. The summed E-state index contributed by atoms with van der Waals surface area (Å²) in [5.41, 5.74) is 0.150. The Bertz CT molecular complexity index is 504. The Labute approximate surface area is 116 Å². The predicted molar refractivity (Wildman–Crippen MR) is 72.1 cm³/mol. The molecule has 1 aliphatic heterocycles. The Hall–Kier alpha value is -1.50. The zero-order valence-corrected chi connectivity index (χ0v) is 11.1. The van der Waals surface area contributed by atoms with E-state index < -0.39 is 10.5 Å². The fourth-order valence-corrected chi connectivity index (χ4v) is 3.04. The largest absolute Gasteiger partial charge is 0.386 e. The molecule has 1 aliphatic carbocycles. The SMILES string of the molecule is O=[N+]([O-])c1ccc([C@@H]2NC[C@]3(O)CCCC[C@@H]3O2)cc1. The van der Waals surface area contributed by atoms with Gasteiger partial charge in [0, 0.05) is 18.7 Å². The molecule has 108 valence electrons. The molecule has 2 fully saturated rings. The van der Waals surface area contributed by atoms with Crippen LogP contribution in [0.5, 0.6) is 0 Å². The number of nitro groups is 1. The van der Waals surface area contributed by atoms with Crippen LogP contribution in [0.4, 0.5) is 5.69 Å². The molecule has 6 heteroatoms. The number of β-amino-alcohol motifs (C(OH)–C–C–N with tert-alkyl or cyclic N) is 1. The first-order valence-electron chi connectivity index (χ1n) is 6.94. The maximum atomic E-state index is 10.6. The van der Waals surface area contributed by atoms with E-state index in [1.807, 2.05) is 0 Å². The maximum absolute atomic E-state index is 10.6. The summed E-state index contributed by atoms with van der Waals surface area (Å²) in [5, 5.41) is 24.3. The molecule has 6 nitrogen and oxygen atoms in total. The molecule has 2 aliphatic rings. The van der Waals surface area contributed by atoms with Crippen LogP contribution >= 0.6 is 0 Å². The highest BCUT2D eigenvalue weighted by molar-refractivity contribution is 5.33. The topological polar surface area (TPSA) is 84.6 Å². The van der Waals surface area contributed by atoms with Crippen LogP contribution in [0.2, 0.25) is 0 Å². The number of nitro benzene ring substituents is 1. The molecule has 1 aromatic rings. The van der Waals surface area contributed by atoms with Crippen molar-refractivity contribution in [3.63, 3.8) is 0 Å². The van der Waals surface area contributed by atoms with Crippen LogP contribution in [0.3, 0.4) is 0 Å². The van der Waals surface area contributed by atoms with Gasteiger partial charge in [-0.2, -0.15) is 0 Å². The number of ether oxygens (including phenoxy) is 1. The number of benzene rings is 1. The molecule has 1 saturated carbocycles. The van der Waals surface area contributed by atoms with E-state index in [2.05, 4.69) is 5.32 Å². The molecule has 0 unspecified atom stereocenters.